The minimum absolute atomic E-state index is 0.243. The van der Waals surface area contributed by atoms with E-state index in [-0.39, 0.29) is 11.7 Å². The topological polar surface area (TPSA) is 93.5 Å². The predicted molar refractivity (Wildman–Crippen MR) is 133 cm³/mol. The van der Waals surface area contributed by atoms with Gasteiger partial charge in [-0.3, -0.25) is 9.48 Å². The third kappa shape index (κ3) is 6.76. The zero-order valence-electron chi connectivity index (χ0n) is 20.8. The van der Waals surface area contributed by atoms with Gasteiger partial charge >= 0.3 is 6.18 Å². The lowest BCUT2D eigenvalue weighted by atomic mass is 10.1. The first-order valence-electron chi connectivity index (χ1n) is 12.2. The van der Waals surface area contributed by atoms with E-state index in [1.165, 1.54) is 13.2 Å². The number of anilines is 1. The van der Waals surface area contributed by atoms with Crippen LogP contribution < -0.4 is 15.4 Å². The van der Waals surface area contributed by atoms with Gasteiger partial charge in [-0.1, -0.05) is 6.07 Å². The van der Waals surface area contributed by atoms with Crippen molar-refractivity contribution in [3.63, 3.8) is 0 Å². The number of aromatic nitrogens is 3. The summed E-state index contributed by atoms with van der Waals surface area (Å²) in [5, 5.41) is 11.2. The van der Waals surface area contributed by atoms with Gasteiger partial charge in [-0.15, -0.1) is 0 Å². The van der Waals surface area contributed by atoms with Gasteiger partial charge in [0.25, 0.3) is 5.91 Å². The van der Waals surface area contributed by atoms with E-state index in [1.54, 1.807) is 12.1 Å². The van der Waals surface area contributed by atoms with Crippen molar-refractivity contribution < 1.29 is 27.4 Å². The molecule has 0 bridgehead atoms. The number of hydrogen-bond acceptors (Lipinski definition) is 7. The number of ether oxygens (including phenoxy) is 2. The van der Waals surface area contributed by atoms with Crippen LogP contribution in [0, 0.1) is 0 Å². The number of piperidine rings is 1. The number of nitrogens with zero attached hydrogens (tertiary/aromatic N) is 4. The lowest BCUT2D eigenvalue weighted by Gasteiger charge is -2.31. The molecule has 2 aromatic heterocycles. The summed E-state index contributed by atoms with van der Waals surface area (Å²) < 4.78 is 52.0. The summed E-state index contributed by atoms with van der Waals surface area (Å²) in [6.45, 7) is 5.05. The van der Waals surface area contributed by atoms with E-state index < -0.39 is 17.8 Å². The Labute approximate surface area is 212 Å². The number of nitrogens with one attached hydrogen (secondary N) is 2. The van der Waals surface area contributed by atoms with Crippen LogP contribution in [0.25, 0.3) is 10.9 Å². The van der Waals surface area contributed by atoms with E-state index in [2.05, 4.69) is 20.5 Å². The fourth-order valence-electron chi connectivity index (χ4n) is 4.31. The number of alkyl halides is 3. The molecule has 3 heterocycles. The van der Waals surface area contributed by atoms with Gasteiger partial charge in [0.1, 0.15) is 17.1 Å². The molecule has 4 rings (SSSR count). The van der Waals surface area contributed by atoms with Crippen LogP contribution >= 0.6 is 0 Å². The number of likely N-dealkylation sites (tertiary alicyclic amines) is 1. The van der Waals surface area contributed by atoms with Crippen LogP contribution in [0.1, 0.15) is 35.1 Å². The van der Waals surface area contributed by atoms with Gasteiger partial charge in [0.2, 0.25) is 0 Å². The normalized spacial score (nSPS) is 15.3. The highest BCUT2D eigenvalue weighted by molar-refractivity contribution is 6.05. The van der Waals surface area contributed by atoms with Crippen molar-refractivity contribution in [1.29, 1.82) is 0 Å². The number of hydrogen-bond donors (Lipinski definition) is 2. The number of pyridine rings is 1. The summed E-state index contributed by atoms with van der Waals surface area (Å²) in [4.78, 5) is 18.5. The highest BCUT2D eigenvalue weighted by Crippen LogP contribution is 2.32. The van der Waals surface area contributed by atoms with Gasteiger partial charge < -0.3 is 25.0 Å². The van der Waals surface area contributed by atoms with Gasteiger partial charge in [-0.2, -0.15) is 18.3 Å². The van der Waals surface area contributed by atoms with Crippen LogP contribution in [0.4, 0.5) is 18.9 Å². The summed E-state index contributed by atoms with van der Waals surface area (Å²) in [6.07, 6.45) is -0.815. The molecule has 9 nitrogen and oxygen atoms in total. The van der Waals surface area contributed by atoms with E-state index in [4.69, 9.17) is 14.6 Å². The van der Waals surface area contributed by atoms with Gasteiger partial charge in [0, 0.05) is 43.8 Å². The number of halogens is 3. The van der Waals surface area contributed by atoms with Crippen LogP contribution in [0.15, 0.2) is 36.5 Å². The summed E-state index contributed by atoms with van der Waals surface area (Å²) in [5.41, 5.74) is -0.442. The van der Waals surface area contributed by atoms with Gasteiger partial charge in [0.15, 0.2) is 0 Å². The maximum absolute atomic E-state index is 13.0. The molecule has 37 heavy (non-hydrogen) atoms. The lowest BCUT2D eigenvalue weighted by molar-refractivity contribution is -0.141. The number of carbonyl (C=O) groups is 1. The number of benzene rings is 1. The monoisotopic (exact) mass is 520 g/mol. The molecule has 1 aromatic carbocycles. The molecular weight excluding hydrogens is 489 g/mol. The first-order chi connectivity index (χ1) is 17.8. The van der Waals surface area contributed by atoms with E-state index >= 15 is 0 Å². The Balaban J connectivity index is 1.42. The first-order valence-corrected chi connectivity index (χ1v) is 12.2. The van der Waals surface area contributed by atoms with Crippen molar-refractivity contribution in [2.75, 3.05) is 58.9 Å². The van der Waals surface area contributed by atoms with Crippen LogP contribution in [0.3, 0.4) is 0 Å². The number of fused-ring (bicyclic) bond motifs is 1. The second-order valence-electron chi connectivity index (χ2n) is 8.87. The highest BCUT2D eigenvalue weighted by atomic mass is 19.4. The molecule has 1 amide bonds. The van der Waals surface area contributed by atoms with Gasteiger partial charge in [-0.25, -0.2) is 4.98 Å². The molecule has 1 saturated heterocycles. The molecule has 2 N–H and O–H groups in total. The molecule has 1 aliphatic rings. The highest BCUT2D eigenvalue weighted by Gasteiger charge is 2.33. The number of likely N-dealkylation sites (N-methyl/N-ethyl adjacent to an activating group) is 1. The fraction of sp³-hybridized carbons (Fsp3) is 0.480. The van der Waals surface area contributed by atoms with Gasteiger partial charge in [-0.05, 0) is 38.1 Å². The molecule has 1 fully saturated rings. The zero-order chi connectivity index (χ0) is 26.4. The molecule has 0 saturated carbocycles. The molecule has 0 aliphatic carbocycles. The molecule has 0 spiro atoms. The van der Waals surface area contributed by atoms with Crippen molar-refractivity contribution in [3.8, 4) is 5.75 Å². The number of carbonyl (C=O) groups excluding carboxylic acids is 1. The van der Waals surface area contributed by atoms with Gasteiger partial charge in [0.05, 0.1) is 37.6 Å². The molecule has 0 radical (unpaired) electrons. The van der Waals surface area contributed by atoms with Crippen molar-refractivity contribution in [2.24, 2.45) is 0 Å². The van der Waals surface area contributed by atoms with Crippen LogP contribution in [0.5, 0.6) is 5.75 Å². The predicted octanol–water partition coefficient (Wildman–Crippen LogP) is 3.58. The molecule has 0 unspecified atom stereocenters. The average Bonchev–Trinajstić information content (AvgIpc) is 3.31. The summed E-state index contributed by atoms with van der Waals surface area (Å²) >= 11 is 0. The van der Waals surface area contributed by atoms with Crippen molar-refractivity contribution in [2.45, 2.75) is 25.1 Å². The standard InChI is InChI=1S/C25H31F3N6O3/c1-29-8-12-37-13-11-33-9-6-18(7-10-33)34-16-17-14-21(22(36-2)15-20(17)32-34)31-24(35)19-4-3-5-23(30-19)25(26,27)28/h3-5,14-16,18,29H,6-13H2,1-2H3,(H,31,35). The summed E-state index contributed by atoms with van der Waals surface area (Å²) in [6, 6.07) is 6.86. The average molecular weight is 521 g/mol. The van der Waals surface area contributed by atoms with Crippen LogP contribution in [0.2, 0.25) is 0 Å². The molecule has 1 aliphatic heterocycles. The molecule has 200 valence electrons. The Hall–Kier alpha value is -3.22. The molecule has 3 aromatic rings. The van der Waals surface area contributed by atoms with Crippen LogP contribution in [-0.4, -0.2) is 79.1 Å². The molecule has 0 atom stereocenters. The summed E-state index contributed by atoms with van der Waals surface area (Å²) in [5.74, 6) is -0.412. The Morgan fingerprint density at radius 2 is 1.97 bits per heavy atom. The Morgan fingerprint density at radius 3 is 2.68 bits per heavy atom. The first kappa shape index (κ1) is 26.8. The Kier molecular flexibility index (Phi) is 8.62. The van der Waals surface area contributed by atoms with E-state index in [0.29, 0.717) is 30.2 Å². The molecular formula is C25H31F3N6O3. The largest absolute Gasteiger partial charge is 0.494 e. The van der Waals surface area contributed by atoms with E-state index in [0.717, 1.165) is 56.5 Å². The zero-order valence-corrected chi connectivity index (χ0v) is 20.8. The Bertz CT molecular complexity index is 1210. The maximum atomic E-state index is 13.0. The smallest absolute Gasteiger partial charge is 0.433 e. The Morgan fingerprint density at radius 1 is 1.19 bits per heavy atom. The maximum Gasteiger partial charge on any atom is 0.433 e. The number of amides is 1. The number of methoxy groups -OCH3 is 1. The van der Waals surface area contributed by atoms with Crippen molar-refractivity contribution >= 4 is 22.5 Å². The SMILES string of the molecule is CNCCOCCN1CCC(n2cc3cc(NC(=O)c4cccc(C(F)(F)F)n4)c(OC)cc3n2)CC1. The second-order valence-corrected chi connectivity index (χ2v) is 8.87. The van der Waals surface area contributed by atoms with E-state index in [9.17, 15) is 18.0 Å². The number of rotatable bonds is 10. The van der Waals surface area contributed by atoms with Crippen molar-refractivity contribution in [3.05, 3.63) is 47.9 Å². The fourth-order valence-corrected chi connectivity index (χ4v) is 4.31. The van der Waals surface area contributed by atoms with Crippen molar-refractivity contribution in [1.82, 2.24) is 25.0 Å². The lowest BCUT2D eigenvalue weighted by Crippen LogP contribution is -2.37. The van der Waals surface area contributed by atoms with E-state index in [1.807, 2.05) is 17.9 Å². The quantitative estimate of drug-likeness (QED) is 0.395. The minimum atomic E-state index is -4.64. The minimum Gasteiger partial charge on any atom is -0.494 e. The van der Waals surface area contributed by atoms with Crippen LogP contribution in [-0.2, 0) is 10.9 Å². The molecule has 12 heteroatoms. The third-order valence-corrected chi connectivity index (χ3v) is 6.34. The third-order valence-electron chi connectivity index (χ3n) is 6.34. The summed E-state index contributed by atoms with van der Waals surface area (Å²) in [7, 11) is 3.35. The second kappa shape index (κ2) is 11.9.